The van der Waals surface area contributed by atoms with Gasteiger partial charge in [0.15, 0.2) is 0 Å². The molecule has 0 aromatic carbocycles. The van der Waals surface area contributed by atoms with Crippen LogP contribution in [-0.2, 0) is 28.6 Å². The van der Waals surface area contributed by atoms with Crippen LogP contribution in [0.15, 0.2) is 0 Å². The molecule has 0 rings (SSSR count). The van der Waals surface area contributed by atoms with Crippen LogP contribution >= 0.6 is 11.8 Å². The summed E-state index contributed by atoms with van der Waals surface area (Å²) < 4.78 is 14.0. The first-order chi connectivity index (χ1) is 14.5. The Labute approximate surface area is 189 Å². The lowest BCUT2D eigenvalue weighted by molar-refractivity contribution is -0.144. The summed E-state index contributed by atoms with van der Waals surface area (Å²) in [5, 5.41) is 2.87. The molecule has 0 aliphatic carbocycles. The van der Waals surface area contributed by atoms with E-state index in [-0.39, 0.29) is 0 Å². The Morgan fingerprint density at radius 1 is 0.871 bits per heavy atom. The Morgan fingerprint density at radius 3 is 1.77 bits per heavy atom. The summed E-state index contributed by atoms with van der Waals surface area (Å²) in [7, 11) is 3.59. The van der Waals surface area contributed by atoms with Crippen LogP contribution in [0.3, 0.4) is 0 Å². The monoisotopic (exact) mass is 462 g/mol. The van der Waals surface area contributed by atoms with Crippen LogP contribution in [0.2, 0.25) is 0 Å². The van der Waals surface area contributed by atoms with Crippen molar-refractivity contribution in [1.82, 2.24) is 10.2 Å². The van der Waals surface area contributed by atoms with Crippen LogP contribution in [0.5, 0.6) is 0 Å². The van der Waals surface area contributed by atoms with Crippen molar-refractivity contribution in [3.63, 3.8) is 0 Å². The molecule has 180 valence electrons. The van der Waals surface area contributed by atoms with Crippen molar-refractivity contribution in [3.05, 3.63) is 0 Å². The summed E-state index contributed by atoms with van der Waals surface area (Å²) in [4.78, 5) is 49.2. The van der Waals surface area contributed by atoms with E-state index >= 15 is 0 Å². The molecule has 0 fully saturated rings. The van der Waals surface area contributed by atoms with Crippen LogP contribution in [-0.4, -0.2) is 80.3 Å². The molecule has 31 heavy (non-hydrogen) atoms. The van der Waals surface area contributed by atoms with Crippen molar-refractivity contribution in [2.45, 2.75) is 52.3 Å². The second-order valence-electron chi connectivity index (χ2n) is 7.78. The fourth-order valence-electron chi connectivity index (χ4n) is 3.00. The number of hydrogen-bond donors (Lipinski definition) is 1. The van der Waals surface area contributed by atoms with Crippen LogP contribution < -0.4 is 5.32 Å². The van der Waals surface area contributed by atoms with Gasteiger partial charge in [0.1, 0.15) is 19.1 Å². The van der Waals surface area contributed by atoms with E-state index in [1.807, 2.05) is 0 Å². The van der Waals surface area contributed by atoms with Crippen molar-refractivity contribution >= 4 is 35.7 Å². The van der Waals surface area contributed by atoms with Gasteiger partial charge in [0.2, 0.25) is 0 Å². The van der Waals surface area contributed by atoms with Crippen LogP contribution in [0.25, 0.3) is 0 Å². The average Bonchev–Trinajstić information content (AvgIpc) is 2.75. The number of esters is 3. The standard InChI is InChI=1S/C21H38N2O7S/c1-9-17(15(5)14(4)13(2)3)31-12-16(20(26)30-8)22-21(27)23(10-18(24)28-6)11-19(25)29-7/h13-17H,9-12H2,1-8H3,(H,22,27). The zero-order valence-electron chi connectivity index (χ0n) is 19.9. The molecule has 0 bridgehead atoms. The molecule has 0 saturated carbocycles. The molecule has 2 amide bonds. The van der Waals surface area contributed by atoms with Crippen molar-refractivity contribution in [2.24, 2.45) is 17.8 Å². The van der Waals surface area contributed by atoms with Gasteiger partial charge in [-0.25, -0.2) is 9.59 Å². The number of nitrogens with one attached hydrogen (secondary N) is 1. The SMILES string of the molecule is CCC(SCC(NC(=O)N(CC(=O)OC)CC(=O)OC)C(=O)OC)C(C)C(C)C(C)C. The number of amides is 2. The van der Waals surface area contributed by atoms with E-state index in [2.05, 4.69) is 49.4 Å². The molecule has 4 unspecified atom stereocenters. The predicted octanol–water partition coefficient (Wildman–Crippen LogP) is 2.33. The van der Waals surface area contributed by atoms with Crippen LogP contribution in [0.4, 0.5) is 4.79 Å². The summed E-state index contributed by atoms with van der Waals surface area (Å²) in [6, 6.07) is -1.70. The maximum atomic E-state index is 12.7. The van der Waals surface area contributed by atoms with Crippen molar-refractivity contribution < 1.29 is 33.4 Å². The van der Waals surface area contributed by atoms with Gasteiger partial charge in [0, 0.05) is 11.0 Å². The highest BCUT2D eigenvalue weighted by Crippen LogP contribution is 2.32. The zero-order valence-corrected chi connectivity index (χ0v) is 20.7. The van der Waals surface area contributed by atoms with Gasteiger partial charge in [0.25, 0.3) is 0 Å². The van der Waals surface area contributed by atoms with E-state index in [4.69, 9.17) is 4.74 Å². The lowest BCUT2D eigenvalue weighted by Gasteiger charge is -2.31. The van der Waals surface area contributed by atoms with E-state index in [1.165, 1.54) is 21.3 Å². The van der Waals surface area contributed by atoms with Gasteiger partial charge in [-0.2, -0.15) is 11.8 Å². The van der Waals surface area contributed by atoms with Crippen molar-refractivity contribution in [3.8, 4) is 0 Å². The summed E-state index contributed by atoms with van der Waals surface area (Å²) >= 11 is 1.60. The van der Waals surface area contributed by atoms with Gasteiger partial charge in [-0.1, -0.05) is 34.6 Å². The lowest BCUT2D eigenvalue weighted by atomic mass is 9.83. The second-order valence-corrected chi connectivity index (χ2v) is 9.05. The second kappa shape index (κ2) is 14.9. The fraction of sp³-hybridized carbons (Fsp3) is 0.810. The highest BCUT2D eigenvalue weighted by molar-refractivity contribution is 8.00. The van der Waals surface area contributed by atoms with E-state index in [0.29, 0.717) is 28.8 Å². The Bertz CT molecular complexity index is 582. The first kappa shape index (κ1) is 29.0. The van der Waals surface area contributed by atoms with Gasteiger partial charge in [-0.15, -0.1) is 0 Å². The largest absolute Gasteiger partial charge is 0.468 e. The normalized spacial score (nSPS) is 14.7. The quantitative estimate of drug-likeness (QED) is 0.328. The minimum Gasteiger partial charge on any atom is -0.468 e. The first-order valence-corrected chi connectivity index (χ1v) is 11.5. The van der Waals surface area contributed by atoms with Gasteiger partial charge in [0.05, 0.1) is 21.3 Å². The Balaban J connectivity index is 5.31. The third-order valence-corrected chi connectivity index (χ3v) is 7.23. The molecule has 0 saturated heterocycles. The topological polar surface area (TPSA) is 111 Å². The maximum absolute atomic E-state index is 12.7. The number of hydrogen-bond acceptors (Lipinski definition) is 8. The molecule has 0 radical (unpaired) electrons. The fourth-order valence-corrected chi connectivity index (χ4v) is 4.44. The number of nitrogens with zero attached hydrogens (tertiary/aromatic N) is 1. The Hall–Kier alpha value is -1.97. The number of carbonyl (C=O) groups is 4. The van der Waals surface area contributed by atoms with Gasteiger partial charge in [-0.05, 0) is 24.2 Å². The van der Waals surface area contributed by atoms with E-state index in [1.54, 1.807) is 11.8 Å². The van der Waals surface area contributed by atoms with E-state index in [9.17, 15) is 19.2 Å². The molecular weight excluding hydrogens is 424 g/mol. The van der Waals surface area contributed by atoms with Gasteiger partial charge in [-0.3, -0.25) is 9.59 Å². The Morgan fingerprint density at radius 2 is 1.39 bits per heavy atom. The molecule has 0 heterocycles. The summed E-state index contributed by atoms with van der Waals surface area (Å²) in [6.07, 6.45) is 0.918. The molecule has 10 heteroatoms. The molecule has 0 aliphatic rings. The number of rotatable bonds is 13. The number of urea groups is 1. The molecule has 0 aliphatic heterocycles. The summed E-state index contributed by atoms with van der Waals surface area (Å²) in [5.41, 5.74) is 0. The lowest BCUT2D eigenvalue weighted by Crippen LogP contribution is -2.52. The highest BCUT2D eigenvalue weighted by atomic mass is 32.2. The first-order valence-electron chi connectivity index (χ1n) is 10.4. The molecular formula is C21H38N2O7S. The molecule has 9 nitrogen and oxygen atoms in total. The number of methoxy groups -OCH3 is 3. The molecule has 0 aromatic rings. The molecule has 0 aromatic heterocycles. The third-order valence-electron chi connectivity index (χ3n) is 5.51. The zero-order chi connectivity index (χ0) is 24.1. The highest BCUT2D eigenvalue weighted by Gasteiger charge is 2.30. The molecule has 4 atom stereocenters. The van der Waals surface area contributed by atoms with Crippen LogP contribution in [0, 0.1) is 17.8 Å². The number of thioether (sulfide) groups is 1. The minimum absolute atomic E-state index is 0.294. The van der Waals surface area contributed by atoms with Gasteiger partial charge >= 0.3 is 23.9 Å². The summed E-state index contributed by atoms with van der Waals surface area (Å²) in [5.74, 6) is -0.257. The minimum atomic E-state index is -0.934. The maximum Gasteiger partial charge on any atom is 0.329 e. The van der Waals surface area contributed by atoms with E-state index in [0.717, 1.165) is 11.3 Å². The molecule has 0 spiro atoms. The summed E-state index contributed by atoms with van der Waals surface area (Å²) in [6.45, 7) is 9.97. The van der Waals surface area contributed by atoms with Gasteiger partial charge < -0.3 is 24.4 Å². The smallest absolute Gasteiger partial charge is 0.329 e. The third kappa shape index (κ3) is 10.3. The van der Waals surface area contributed by atoms with Crippen molar-refractivity contribution in [1.29, 1.82) is 0 Å². The van der Waals surface area contributed by atoms with E-state index < -0.39 is 43.1 Å². The van der Waals surface area contributed by atoms with Crippen LogP contribution in [0.1, 0.15) is 41.0 Å². The molecule has 1 N–H and O–H groups in total. The Kier molecular flexibility index (Phi) is 14.0. The number of carbonyl (C=O) groups excluding carboxylic acids is 4. The predicted molar refractivity (Wildman–Crippen MR) is 120 cm³/mol. The average molecular weight is 463 g/mol. The van der Waals surface area contributed by atoms with Crippen molar-refractivity contribution in [2.75, 3.05) is 40.2 Å². The number of ether oxygens (including phenoxy) is 3.